The summed E-state index contributed by atoms with van der Waals surface area (Å²) < 4.78 is 20.3. The summed E-state index contributed by atoms with van der Waals surface area (Å²) in [5, 5.41) is 0.339. The number of rotatable bonds is 3. The standard InChI is InChI=1S/C12H13ClFN3O/c1-17-9(6-15)11(13)16-12(17)7-3-4-10(18-2)8(14)5-7/h3-5H,6,15H2,1-2H3. The Balaban J connectivity index is 2.52. The van der Waals surface area contributed by atoms with Crippen molar-refractivity contribution in [3.63, 3.8) is 0 Å². The van der Waals surface area contributed by atoms with Gasteiger partial charge in [-0.3, -0.25) is 0 Å². The Morgan fingerprint density at radius 2 is 2.22 bits per heavy atom. The molecule has 0 aliphatic heterocycles. The first-order valence-corrected chi connectivity index (χ1v) is 5.71. The molecule has 0 spiro atoms. The van der Waals surface area contributed by atoms with Crippen molar-refractivity contribution in [2.75, 3.05) is 7.11 Å². The Bertz CT molecular complexity index is 583. The molecule has 96 valence electrons. The molecule has 1 aromatic heterocycles. The van der Waals surface area contributed by atoms with Crippen LogP contribution in [0.2, 0.25) is 5.15 Å². The first-order chi connectivity index (χ1) is 8.58. The highest BCUT2D eigenvalue weighted by atomic mass is 35.5. The van der Waals surface area contributed by atoms with Crippen LogP contribution in [0.25, 0.3) is 11.4 Å². The van der Waals surface area contributed by atoms with Crippen LogP contribution >= 0.6 is 11.6 Å². The SMILES string of the molecule is COc1ccc(-c2nc(Cl)c(CN)n2C)cc1F. The number of hydrogen-bond donors (Lipinski definition) is 1. The number of nitrogens with zero attached hydrogens (tertiary/aromatic N) is 2. The Morgan fingerprint density at radius 3 is 2.72 bits per heavy atom. The third-order valence-corrected chi connectivity index (χ3v) is 3.07. The van der Waals surface area contributed by atoms with E-state index >= 15 is 0 Å². The number of benzene rings is 1. The van der Waals surface area contributed by atoms with E-state index in [1.807, 2.05) is 0 Å². The van der Waals surface area contributed by atoms with Crippen LogP contribution in [0, 0.1) is 5.82 Å². The van der Waals surface area contributed by atoms with Crippen LogP contribution in [0.4, 0.5) is 4.39 Å². The van der Waals surface area contributed by atoms with Gasteiger partial charge in [-0.2, -0.15) is 0 Å². The molecule has 0 aliphatic rings. The van der Waals surface area contributed by atoms with Crippen molar-refractivity contribution in [2.24, 2.45) is 12.8 Å². The molecule has 2 aromatic rings. The molecule has 2 N–H and O–H groups in total. The predicted molar refractivity (Wildman–Crippen MR) is 68.1 cm³/mol. The number of hydrogen-bond acceptors (Lipinski definition) is 3. The maximum Gasteiger partial charge on any atom is 0.165 e. The van der Waals surface area contributed by atoms with Gasteiger partial charge in [0.25, 0.3) is 0 Å². The first-order valence-electron chi connectivity index (χ1n) is 5.33. The summed E-state index contributed by atoms with van der Waals surface area (Å²) in [6.45, 7) is 0.279. The van der Waals surface area contributed by atoms with Gasteiger partial charge < -0.3 is 15.0 Å². The van der Waals surface area contributed by atoms with Crippen molar-refractivity contribution in [3.8, 4) is 17.1 Å². The number of ether oxygens (including phenoxy) is 1. The second-order valence-electron chi connectivity index (χ2n) is 3.79. The molecule has 0 amide bonds. The van der Waals surface area contributed by atoms with Crippen LogP contribution in [0.5, 0.6) is 5.75 Å². The third-order valence-electron chi connectivity index (χ3n) is 2.77. The highest BCUT2D eigenvalue weighted by Crippen LogP contribution is 2.27. The van der Waals surface area contributed by atoms with E-state index in [0.29, 0.717) is 22.2 Å². The lowest BCUT2D eigenvalue weighted by atomic mass is 10.2. The number of imidazole rings is 1. The van der Waals surface area contributed by atoms with Crippen molar-refractivity contribution in [1.29, 1.82) is 0 Å². The summed E-state index contributed by atoms with van der Waals surface area (Å²) in [7, 11) is 3.21. The second-order valence-corrected chi connectivity index (χ2v) is 4.14. The molecule has 0 aliphatic carbocycles. The number of halogens is 2. The minimum absolute atomic E-state index is 0.193. The number of nitrogens with two attached hydrogens (primary N) is 1. The van der Waals surface area contributed by atoms with Gasteiger partial charge in [0, 0.05) is 19.2 Å². The largest absolute Gasteiger partial charge is 0.494 e. The highest BCUT2D eigenvalue weighted by molar-refractivity contribution is 6.30. The lowest BCUT2D eigenvalue weighted by Gasteiger charge is -2.06. The average molecular weight is 270 g/mol. The molecule has 0 saturated carbocycles. The van der Waals surface area contributed by atoms with E-state index in [-0.39, 0.29) is 12.3 Å². The van der Waals surface area contributed by atoms with E-state index in [1.165, 1.54) is 13.2 Å². The van der Waals surface area contributed by atoms with Crippen LogP contribution in [-0.4, -0.2) is 16.7 Å². The van der Waals surface area contributed by atoms with Gasteiger partial charge in [0.05, 0.1) is 12.8 Å². The number of methoxy groups -OCH3 is 1. The van der Waals surface area contributed by atoms with E-state index < -0.39 is 5.82 Å². The minimum Gasteiger partial charge on any atom is -0.494 e. The zero-order chi connectivity index (χ0) is 13.3. The third kappa shape index (κ3) is 2.07. The minimum atomic E-state index is -0.441. The topological polar surface area (TPSA) is 53.1 Å². The van der Waals surface area contributed by atoms with Gasteiger partial charge in [0.15, 0.2) is 16.7 Å². The van der Waals surface area contributed by atoms with Gasteiger partial charge in [-0.25, -0.2) is 9.37 Å². The summed E-state index contributed by atoms with van der Waals surface area (Å²) >= 11 is 5.97. The average Bonchev–Trinajstić information content (AvgIpc) is 2.64. The molecule has 0 unspecified atom stereocenters. The predicted octanol–water partition coefficient (Wildman–Crippen LogP) is 2.35. The van der Waals surface area contributed by atoms with Gasteiger partial charge in [0.1, 0.15) is 5.82 Å². The lowest BCUT2D eigenvalue weighted by molar-refractivity contribution is 0.386. The zero-order valence-corrected chi connectivity index (χ0v) is 10.8. The molecule has 0 atom stereocenters. The van der Waals surface area contributed by atoms with Gasteiger partial charge in [0.2, 0.25) is 0 Å². The van der Waals surface area contributed by atoms with Gasteiger partial charge in [-0.1, -0.05) is 11.6 Å². The van der Waals surface area contributed by atoms with Crippen molar-refractivity contribution in [1.82, 2.24) is 9.55 Å². The van der Waals surface area contributed by atoms with E-state index in [0.717, 1.165) is 0 Å². The van der Waals surface area contributed by atoms with E-state index in [9.17, 15) is 4.39 Å². The van der Waals surface area contributed by atoms with Crippen molar-refractivity contribution in [3.05, 3.63) is 34.9 Å². The van der Waals surface area contributed by atoms with Gasteiger partial charge >= 0.3 is 0 Å². The zero-order valence-electron chi connectivity index (χ0n) is 10.1. The van der Waals surface area contributed by atoms with Crippen LogP contribution in [0.1, 0.15) is 5.69 Å². The molecular weight excluding hydrogens is 257 g/mol. The first kappa shape index (κ1) is 12.9. The Labute approximate surface area is 109 Å². The summed E-state index contributed by atoms with van der Waals surface area (Å²) in [5.74, 6) is 0.323. The molecule has 0 fully saturated rings. The fourth-order valence-electron chi connectivity index (χ4n) is 1.78. The van der Waals surface area contributed by atoms with Crippen LogP contribution in [0.3, 0.4) is 0 Å². The maximum absolute atomic E-state index is 13.6. The van der Waals surface area contributed by atoms with Crippen molar-refractivity contribution in [2.45, 2.75) is 6.54 Å². The Hall–Kier alpha value is -1.59. The monoisotopic (exact) mass is 269 g/mol. The van der Waals surface area contributed by atoms with E-state index in [4.69, 9.17) is 22.1 Å². The Morgan fingerprint density at radius 1 is 1.50 bits per heavy atom. The van der Waals surface area contributed by atoms with E-state index in [1.54, 1.807) is 23.7 Å². The molecule has 6 heteroatoms. The van der Waals surface area contributed by atoms with Gasteiger partial charge in [-0.05, 0) is 18.2 Å². The van der Waals surface area contributed by atoms with Crippen LogP contribution < -0.4 is 10.5 Å². The summed E-state index contributed by atoms with van der Waals surface area (Å²) in [6.07, 6.45) is 0. The molecule has 0 bridgehead atoms. The molecule has 1 aromatic carbocycles. The summed E-state index contributed by atoms with van der Waals surface area (Å²) in [6, 6.07) is 4.63. The second kappa shape index (κ2) is 4.96. The molecule has 18 heavy (non-hydrogen) atoms. The number of aromatic nitrogens is 2. The molecule has 0 radical (unpaired) electrons. The highest BCUT2D eigenvalue weighted by Gasteiger charge is 2.14. The van der Waals surface area contributed by atoms with Crippen molar-refractivity contribution < 1.29 is 9.13 Å². The Kier molecular flexibility index (Phi) is 3.54. The van der Waals surface area contributed by atoms with Crippen LogP contribution in [0.15, 0.2) is 18.2 Å². The normalized spacial score (nSPS) is 10.7. The molecule has 2 rings (SSSR count). The molecule has 0 saturated heterocycles. The van der Waals surface area contributed by atoms with Crippen molar-refractivity contribution >= 4 is 11.6 Å². The maximum atomic E-state index is 13.6. The van der Waals surface area contributed by atoms with Crippen LogP contribution in [-0.2, 0) is 13.6 Å². The smallest absolute Gasteiger partial charge is 0.165 e. The quantitative estimate of drug-likeness (QED) is 0.931. The van der Waals surface area contributed by atoms with Gasteiger partial charge in [-0.15, -0.1) is 0 Å². The molecular formula is C12H13ClFN3O. The summed E-state index contributed by atoms with van der Waals surface area (Å²) in [4.78, 5) is 4.19. The molecule has 1 heterocycles. The fraction of sp³-hybridized carbons (Fsp3) is 0.250. The fourth-order valence-corrected chi connectivity index (χ4v) is 2.07. The lowest BCUT2D eigenvalue weighted by Crippen LogP contribution is -2.04. The molecule has 4 nitrogen and oxygen atoms in total. The van der Waals surface area contributed by atoms with E-state index in [2.05, 4.69) is 4.98 Å². The summed E-state index contributed by atoms with van der Waals surface area (Å²) in [5.41, 5.74) is 6.91.